The molecule has 0 saturated heterocycles. The molecule has 2 heterocycles. The van der Waals surface area contributed by atoms with Crippen molar-refractivity contribution in [3.63, 3.8) is 0 Å². The third-order valence-electron chi connectivity index (χ3n) is 3.03. The van der Waals surface area contributed by atoms with Gasteiger partial charge in [0.25, 0.3) is 10.0 Å². The number of hydrogen-bond donors (Lipinski definition) is 3. The molecule has 21 heavy (non-hydrogen) atoms. The lowest BCUT2D eigenvalue weighted by atomic mass is 10.1. The van der Waals surface area contributed by atoms with E-state index in [4.69, 9.17) is 11.6 Å². The van der Waals surface area contributed by atoms with Crippen molar-refractivity contribution in [2.45, 2.75) is 18.4 Å². The van der Waals surface area contributed by atoms with Gasteiger partial charge >= 0.3 is 0 Å². The Balaban J connectivity index is 1.96. The van der Waals surface area contributed by atoms with Crippen molar-refractivity contribution in [2.24, 2.45) is 0 Å². The van der Waals surface area contributed by atoms with Gasteiger partial charge in [0, 0.05) is 5.69 Å². The van der Waals surface area contributed by atoms with Gasteiger partial charge in [-0.3, -0.25) is 9.52 Å². The minimum absolute atomic E-state index is 0.0502. The molecule has 0 unspecified atom stereocenters. The third-order valence-corrected chi connectivity index (χ3v) is 4.62. The van der Waals surface area contributed by atoms with E-state index in [2.05, 4.69) is 20.0 Å². The number of carbonyl (C=O) groups excluding carboxylic acids is 1. The molecule has 0 spiro atoms. The number of imidazole rings is 1. The Hall–Kier alpha value is -2.06. The lowest BCUT2D eigenvalue weighted by molar-refractivity contribution is -0.115. The van der Waals surface area contributed by atoms with Crippen molar-refractivity contribution >= 4 is 38.9 Å². The molecule has 9 heteroatoms. The monoisotopic (exact) mass is 326 g/mol. The fraction of sp³-hybridized carbons (Fsp3) is 0.167. The number of sulfonamides is 1. The molecule has 1 aromatic heterocycles. The quantitative estimate of drug-likeness (QED) is 0.798. The number of aryl methyl sites for hydroxylation is 1. The van der Waals surface area contributed by atoms with Crippen LogP contribution in [-0.2, 0) is 21.2 Å². The van der Waals surface area contributed by atoms with E-state index in [0.29, 0.717) is 17.1 Å². The lowest BCUT2D eigenvalue weighted by Gasteiger charge is -2.10. The molecule has 0 radical (unpaired) electrons. The third kappa shape index (κ3) is 2.59. The summed E-state index contributed by atoms with van der Waals surface area (Å²) in [6, 6.07) is 3.08. The van der Waals surface area contributed by atoms with Crippen molar-refractivity contribution in [1.82, 2.24) is 9.97 Å². The van der Waals surface area contributed by atoms with Crippen LogP contribution < -0.4 is 10.0 Å². The Labute approximate surface area is 125 Å². The van der Waals surface area contributed by atoms with Crippen LogP contribution in [0.3, 0.4) is 0 Å². The number of fused-ring (bicyclic) bond motifs is 1. The SMILES string of the molecule is Cc1ncc(S(=O)(=O)Nc2cc3c(cc2Cl)NC(=O)C3)[nH]1. The Morgan fingerprint density at radius 3 is 2.81 bits per heavy atom. The second-order valence-corrected chi connectivity index (χ2v) is 6.71. The second kappa shape index (κ2) is 4.74. The number of nitrogens with one attached hydrogen (secondary N) is 3. The normalized spacial score (nSPS) is 13.9. The van der Waals surface area contributed by atoms with Crippen molar-refractivity contribution in [3.8, 4) is 0 Å². The first kappa shape index (κ1) is 13.9. The summed E-state index contributed by atoms with van der Waals surface area (Å²) in [6.07, 6.45) is 1.43. The van der Waals surface area contributed by atoms with Gasteiger partial charge in [-0.2, -0.15) is 8.42 Å². The summed E-state index contributed by atoms with van der Waals surface area (Å²) in [5, 5.41) is 2.80. The average Bonchev–Trinajstić information content (AvgIpc) is 2.95. The van der Waals surface area contributed by atoms with E-state index in [1.54, 1.807) is 13.0 Å². The number of aromatic amines is 1. The highest BCUT2D eigenvalue weighted by Gasteiger charge is 2.23. The summed E-state index contributed by atoms with van der Waals surface area (Å²) >= 11 is 6.05. The molecule has 0 fully saturated rings. The minimum Gasteiger partial charge on any atom is -0.332 e. The maximum absolute atomic E-state index is 12.2. The van der Waals surface area contributed by atoms with Crippen LogP contribution in [0.1, 0.15) is 11.4 Å². The first-order chi connectivity index (χ1) is 9.85. The molecule has 1 aliphatic heterocycles. The fourth-order valence-corrected chi connectivity index (χ4v) is 3.37. The molecule has 2 aromatic rings. The van der Waals surface area contributed by atoms with Crippen LogP contribution in [0.5, 0.6) is 0 Å². The van der Waals surface area contributed by atoms with Gasteiger partial charge in [-0.05, 0) is 24.6 Å². The van der Waals surface area contributed by atoms with Gasteiger partial charge in [0.15, 0.2) is 5.03 Å². The van der Waals surface area contributed by atoms with Gasteiger partial charge in [-0.25, -0.2) is 4.98 Å². The molecule has 0 aliphatic carbocycles. The number of halogens is 1. The summed E-state index contributed by atoms with van der Waals surface area (Å²) in [4.78, 5) is 17.8. The number of aromatic nitrogens is 2. The number of amides is 1. The Bertz CT molecular complexity index is 844. The Morgan fingerprint density at radius 2 is 2.14 bits per heavy atom. The van der Waals surface area contributed by atoms with Crippen molar-refractivity contribution < 1.29 is 13.2 Å². The topological polar surface area (TPSA) is 104 Å². The number of hydrogen-bond acceptors (Lipinski definition) is 4. The predicted molar refractivity (Wildman–Crippen MR) is 77.9 cm³/mol. The lowest BCUT2D eigenvalue weighted by Crippen LogP contribution is -2.14. The molecule has 0 saturated carbocycles. The van der Waals surface area contributed by atoms with Gasteiger partial charge in [0.05, 0.1) is 23.3 Å². The summed E-state index contributed by atoms with van der Waals surface area (Å²) in [6.45, 7) is 1.65. The highest BCUT2D eigenvalue weighted by molar-refractivity contribution is 7.92. The first-order valence-electron chi connectivity index (χ1n) is 6.02. The van der Waals surface area contributed by atoms with Crippen LogP contribution in [0.4, 0.5) is 11.4 Å². The minimum atomic E-state index is -3.80. The molecular weight excluding hydrogens is 316 g/mol. The molecule has 110 valence electrons. The van der Waals surface area contributed by atoms with Gasteiger partial charge in [-0.1, -0.05) is 11.6 Å². The zero-order valence-corrected chi connectivity index (χ0v) is 12.5. The van der Waals surface area contributed by atoms with Crippen LogP contribution in [0.15, 0.2) is 23.4 Å². The van der Waals surface area contributed by atoms with Crippen LogP contribution in [0.25, 0.3) is 0 Å². The molecule has 1 aliphatic rings. The molecule has 1 amide bonds. The van der Waals surface area contributed by atoms with Crippen LogP contribution in [0.2, 0.25) is 5.02 Å². The van der Waals surface area contributed by atoms with Gasteiger partial charge in [0.1, 0.15) is 5.82 Å². The fourth-order valence-electron chi connectivity index (χ4n) is 2.06. The van der Waals surface area contributed by atoms with E-state index >= 15 is 0 Å². The number of anilines is 2. The molecule has 1 aromatic carbocycles. The van der Waals surface area contributed by atoms with Gasteiger partial charge < -0.3 is 10.3 Å². The number of H-pyrrole nitrogens is 1. The Morgan fingerprint density at radius 1 is 1.38 bits per heavy atom. The highest BCUT2D eigenvalue weighted by Crippen LogP contribution is 2.33. The first-order valence-corrected chi connectivity index (χ1v) is 7.88. The molecule has 7 nitrogen and oxygen atoms in total. The summed E-state index contributed by atoms with van der Waals surface area (Å²) in [7, 11) is -3.80. The maximum atomic E-state index is 12.2. The molecule has 0 atom stereocenters. The van der Waals surface area contributed by atoms with E-state index < -0.39 is 10.0 Å². The molecule has 3 N–H and O–H groups in total. The molecule has 3 rings (SSSR count). The van der Waals surface area contributed by atoms with E-state index in [9.17, 15) is 13.2 Å². The second-order valence-electron chi connectivity index (χ2n) is 4.65. The largest absolute Gasteiger partial charge is 0.332 e. The summed E-state index contributed by atoms with van der Waals surface area (Å²) in [5.41, 5.74) is 1.52. The maximum Gasteiger partial charge on any atom is 0.279 e. The van der Waals surface area contributed by atoms with Gasteiger partial charge in [-0.15, -0.1) is 0 Å². The van der Waals surface area contributed by atoms with E-state index in [-0.39, 0.29) is 28.1 Å². The van der Waals surface area contributed by atoms with Crippen molar-refractivity contribution in [2.75, 3.05) is 10.0 Å². The zero-order valence-electron chi connectivity index (χ0n) is 10.9. The van der Waals surface area contributed by atoms with Crippen LogP contribution >= 0.6 is 11.6 Å². The summed E-state index contributed by atoms with van der Waals surface area (Å²) in [5.74, 6) is 0.343. The number of benzene rings is 1. The van der Waals surface area contributed by atoms with Crippen LogP contribution in [0, 0.1) is 6.92 Å². The van der Waals surface area contributed by atoms with Gasteiger partial charge in [0.2, 0.25) is 5.91 Å². The van der Waals surface area contributed by atoms with E-state index in [0.717, 1.165) is 0 Å². The Kier molecular flexibility index (Phi) is 3.14. The molecular formula is C12H11ClN4O3S. The number of carbonyl (C=O) groups is 1. The van der Waals surface area contributed by atoms with Crippen molar-refractivity contribution in [3.05, 3.63) is 34.7 Å². The smallest absolute Gasteiger partial charge is 0.279 e. The zero-order chi connectivity index (χ0) is 15.2. The summed E-state index contributed by atoms with van der Waals surface area (Å²) < 4.78 is 26.8. The predicted octanol–water partition coefficient (Wildman–Crippen LogP) is 1.67. The van der Waals surface area contributed by atoms with E-state index in [1.807, 2.05) is 0 Å². The number of nitrogens with zero attached hydrogens (tertiary/aromatic N) is 1. The van der Waals surface area contributed by atoms with Crippen LogP contribution in [-0.4, -0.2) is 24.3 Å². The van der Waals surface area contributed by atoms with Crippen molar-refractivity contribution in [1.29, 1.82) is 0 Å². The number of rotatable bonds is 3. The molecule has 0 bridgehead atoms. The van der Waals surface area contributed by atoms with E-state index in [1.165, 1.54) is 12.3 Å². The average molecular weight is 327 g/mol. The standard InChI is InChI=1S/C12H11ClN4O3S/c1-6-14-5-12(15-6)21(19,20)17-10-2-7-3-11(18)16-9(7)4-8(10)13/h2,4-5,17H,3H2,1H3,(H,14,15)(H,16,18). The highest BCUT2D eigenvalue weighted by atomic mass is 35.5.